The third-order valence-corrected chi connectivity index (χ3v) is 3.22. The fraction of sp³-hybridized carbons (Fsp3) is 0.0667. The summed E-state index contributed by atoms with van der Waals surface area (Å²) >= 11 is 3.30. The van der Waals surface area contributed by atoms with Crippen molar-refractivity contribution >= 4 is 28.1 Å². The highest BCUT2D eigenvalue weighted by molar-refractivity contribution is 9.10. The molecule has 2 aromatic rings. The van der Waals surface area contributed by atoms with Gasteiger partial charge in [-0.3, -0.25) is 4.79 Å². The first-order valence-corrected chi connectivity index (χ1v) is 6.85. The molecular weight excluding hydrogens is 336 g/mol. The zero-order valence-corrected chi connectivity index (χ0v) is 12.8. The van der Waals surface area contributed by atoms with Crippen LogP contribution in [0.4, 0.5) is 0 Å². The molecule has 6 heteroatoms. The van der Waals surface area contributed by atoms with E-state index in [9.17, 15) is 9.90 Å². The van der Waals surface area contributed by atoms with Crippen LogP contribution >= 0.6 is 15.9 Å². The first-order valence-electron chi connectivity index (χ1n) is 6.06. The first-order chi connectivity index (χ1) is 10.1. The van der Waals surface area contributed by atoms with E-state index in [1.54, 1.807) is 36.4 Å². The number of phenolic OH excluding ortho intramolecular Hbond substituents is 1. The van der Waals surface area contributed by atoms with E-state index >= 15 is 0 Å². The third kappa shape index (κ3) is 4.06. The minimum absolute atomic E-state index is 0.0145. The Hall–Kier alpha value is -2.34. The smallest absolute Gasteiger partial charge is 0.271 e. The van der Waals surface area contributed by atoms with Crippen LogP contribution in [0.25, 0.3) is 0 Å². The number of amides is 1. The van der Waals surface area contributed by atoms with Crippen LogP contribution in [0.1, 0.15) is 15.9 Å². The van der Waals surface area contributed by atoms with E-state index in [0.717, 1.165) is 4.47 Å². The molecule has 21 heavy (non-hydrogen) atoms. The van der Waals surface area contributed by atoms with Crippen molar-refractivity contribution in [1.29, 1.82) is 0 Å². The maximum Gasteiger partial charge on any atom is 0.271 e. The summed E-state index contributed by atoms with van der Waals surface area (Å²) in [6.45, 7) is 0. The molecule has 0 aliphatic rings. The maximum absolute atomic E-state index is 11.8. The number of aromatic hydroxyl groups is 1. The second-order valence-corrected chi connectivity index (χ2v) is 5.05. The van der Waals surface area contributed by atoms with Crippen molar-refractivity contribution in [2.24, 2.45) is 5.10 Å². The fourth-order valence-corrected chi connectivity index (χ4v) is 1.88. The summed E-state index contributed by atoms with van der Waals surface area (Å²) in [4.78, 5) is 11.8. The average molecular weight is 349 g/mol. The van der Waals surface area contributed by atoms with Crippen molar-refractivity contribution in [3.63, 3.8) is 0 Å². The lowest BCUT2D eigenvalue weighted by Crippen LogP contribution is -2.17. The van der Waals surface area contributed by atoms with Crippen molar-refractivity contribution in [1.82, 2.24) is 5.43 Å². The number of benzene rings is 2. The van der Waals surface area contributed by atoms with Gasteiger partial charge in [0.15, 0.2) is 11.5 Å². The second kappa shape index (κ2) is 6.90. The molecular formula is C15H13BrN2O3. The van der Waals surface area contributed by atoms with Gasteiger partial charge in [-0.1, -0.05) is 15.9 Å². The van der Waals surface area contributed by atoms with Gasteiger partial charge in [-0.15, -0.1) is 0 Å². The third-order valence-electron chi connectivity index (χ3n) is 2.69. The van der Waals surface area contributed by atoms with Gasteiger partial charge in [-0.2, -0.15) is 5.10 Å². The molecule has 2 aromatic carbocycles. The molecule has 0 spiro atoms. The van der Waals surface area contributed by atoms with Crippen LogP contribution in [0.3, 0.4) is 0 Å². The van der Waals surface area contributed by atoms with E-state index in [2.05, 4.69) is 26.5 Å². The molecule has 2 N–H and O–H groups in total. The molecule has 0 fully saturated rings. The number of hydrogen-bond acceptors (Lipinski definition) is 4. The van der Waals surface area contributed by atoms with Crippen molar-refractivity contribution in [2.75, 3.05) is 7.11 Å². The maximum atomic E-state index is 11.8. The first kappa shape index (κ1) is 15.1. The van der Waals surface area contributed by atoms with Gasteiger partial charge >= 0.3 is 0 Å². The lowest BCUT2D eigenvalue weighted by atomic mass is 10.2. The molecule has 0 saturated carbocycles. The van der Waals surface area contributed by atoms with Gasteiger partial charge in [0.05, 0.1) is 13.3 Å². The number of rotatable bonds is 4. The minimum atomic E-state index is -0.309. The van der Waals surface area contributed by atoms with E-state index in [-0.39, 0.29) is 11.7 Å². The summed E-state index contributed by atoms with van der Waals surface area (Å²) in [5.41, 5.74) is 3.57. The summed E-state index contributed by atoms with van der Waals surface area (Å²) in [7, 11) is 1.47. The second-order valence-electron chi connectivity index (χ2n) is 4.14. The number of halogens is 1. The molecule has 0 radical (unpaired) electrons. The molecule has 5 nitrogen and oxygen atoms in total. The SMILES string of the molecule is COc1ccc(/C=N\NC(=O)c2ccc(Br)cc2)cc1O. The lowest BCUT2D eigenvalue weighted by Gasteiger charge is -2.03. The fourth-order valence-electron chi connectivity index (χ4n) is 1.62. The molecule has 108 valence electrons. The number of methoxy groups -OCH3 is 1. The van der Waals surface area contributed by atoms with Gasteiger partial charge in [0.2, 0.25) is 0 Å². The van der Waals surface area contributed by atoms with Gasteiger partial charge in [-0.25, -0.2) is 5.43 Å². The zero-order chi connectivity index (χ0) is 15.2. The van der Waals surface area contributed by atoms with Gasteiger partial charge in [0.1, 0.15) is 0 Å². The summed E-state index contributed by atoms with van der Waals surface area (Å²) in [5, 5.41) is 13.5. The molecule has 0 atom stereocenters. The highest BCUT2D eigenvalue weighted by atomic mass is 79.9. The number of nitrogens with zero attached hydrogens (tertiary/aromatic N) is 1. The Morgan fingerprint density at radius 2 is 2.00 bits per heavy atom. The summed E-state index contributed by atoms with van der Waals surface area (Å²) in [6.07, 6.45) is 1.44. The standard InChI is InChI=1S/C15H13BrN2O3/c1-21-14-7-2-10(8-13(14)19)9-17-18-15(20)11-3-5-12(16)6-4-11/h2-9,19H,1H3,(H,18,20)/b17-9-. The zero-order valence-electron chi connectivity index (χ0n) is 11.2. The number of hydrogen-bond donors (Lipinski definition) is 2. The molecule has 0 heterocycles. The summed E-state index contributed by atoms with van der Waals surface area (Å²) in [6, 6.07) is 11.8. The normalized spacial score (nSPS) is 10.6. The van der Waals surface area contributed by atoms with Gasteiger partial charge in [-0.05, 0) is 48.0 Å². The van der Waals surface area contributed by atoms with Crippen LogP contribution in [0.15, 0.2) is 52.0 Å². The van der Waals surface area contributed by atoms with Gasteiger partial charge in [0.25, 0.3) is 5.91 Å². The molecule has 0 unspecified atom stereocenters. The summed E-state index contributed by atoms with van der Waals surface area (Å²) < 4.78 is 5.84. The number of carbonyl (C=O) groups is 1. The molecule has 0 aliphatic heterocycles. The number of nitrogens with one attached hydrogen (secondary N) is 1. The highest BCUT2D eigenvalue weighted by Gasteiger charge is 2.03. The van der Waals surface area contributed by atoms with Crippen LogP contribution < -0.4 is 10.2 Å². The van der Waals surface area contributed by atoms with Crippen molar-refractivity contribution in [2.45, 2.75) is 0 Å². The van der Waals surface area contributed by atoms with E-state index in [1.165, 1.54) is 19.4 Å². The number of carbonyl (C=O) groups excluding carboxylic acids is 1. The topological polar surface area (TPSA) is 70.9 Å². The Morgan fingerprint density at radius 1 is 1.29 bits per heavy atom. The molecule has 0 saturated heterocycles. The summed E-state index contributed by atoms with van der Waals surface area (Å²) in [5.74, 6) is 0.0863. The van der Waals surface area contributed by atoms with E-state index in [0.29, 0.717) is 16.9 Å². The Kier molecular flexibility index (Phi) is 4.94. The van der Waals surface area contributed by atoms with Crippen LogP contribution in [0, 0.1) is 0 Å². The molecule has 0 aromatic heterocycles. The van der Waals surface area contributed by atoms with Crippen LogP contribution in [0.5, 0.6) is 11.5 Å². The lowest BCUT2D eigenvalue weighted by molar-refractivity contribution is 0.0955. The van der Waals surface area contributed by atoms with Crippen molar-refractivity contribution < 1.29 is 14.6 Å². The minimum Gasteiger partial charge on any atom is -0.504 e. The van der Waals surface area contributed by atoms with Crippen LogP contribution in [0.2, 0.25) is 0 Å². The quantitative estimate of drug-likeness (QED) is 0.659. The number of hydrazone groups is 1. The predicted molar refractivity (Wildman–Crippen MR) is 83.9 cm³/mol. The number of ether oxygens (including phenoxy) is 1. The Bertz CT molecular complexity index is 669. The molecule has 1 amide bonds. The number of phenols is 1. The monoisotopic (exact) mass is 348 g/mol. The predicted octanol–water partition coefficient (Wildman–Crippen LogP) is 2.93. The van der Waals surface area contributed by atoms with Gasteiger partial charge in [0, 0.05) is 10.0 Å². The molecule has 2 rings (SSSR count). The largest absolute Gasteiger partial charge is 0.504 e. The van der Waals surface area contributed by atoms with Crippen LogP contribution in [-0.2, 0) is 0 Å². The van der Waals surface area contributed by atoms with E-state index in [4.69, 9.17) is 4.74 Å². The van der Waals surface area contributed by atoms with E-state index in [1.807, 2.05) is 0 Å². The van der Waals surface area contributed by atoms with E-state index < -0.39 is 0 Å². The van der Waals surface area contributed by atoms with Crippen LogP contribution in [-0.4, -0.2) is 24.3 Å². The Morgan fingerprint density at radius 3 is 2.62 bits per heavy atom. The molecule has 0 aliphatic carbocycles. The van der Waals surface area contributed by atoms with Crippen molar-refractivity contribution in [3.05, 3.63) is 58.1 Å². The van der Waals surface area contributed by atoms with Crippen molar-refractivity contribution in [3.8, 4) is 11.5 Å². The Labute approximate surface area is 130 Å². The average Bonchev–Trinajstić information content (AvgIpc) is 2.48. The Balaban J connectivity index is 2.00. The highest BCUT2D eigenvalue weighted by Crippen LogP contribution is 2.25. The van der Waals surface area contributed by atoms with Gasteiger partial charge < -0.3 is 9.84 Å². The molecule has 0 bridgehead atoms.